The molecule has 190 valence electrons. The minimum Gasteiger partial charge on any atom is -0.464 e. The summed E-state index contributed by atoms with van der Waals surface area (Å²) in [6.07, 6.45) is 5.63. The first-order valence-electron chi connectivity index (χ1n) is 11.8. The van der Waals surface area contributed by atoms with Crippen molar-refractivity contribution in [3.63, 3.8) is 0 Å². The molecular weight excluding hydrogens is 473 g/mol. The number of carbonyl (C=O) groups is 1. The molecule has 2 aromatic rings. The maximum absolute atomic E-state index is 12.5. The van der Waals surface area contributed by atoms with Crippen molar-refractivity contribution in [3.05, 3.63) is 24.2 Å². The third kappa shape index (κ3) is 6.00. The number of hydrogen-bond donors (Lipinski definition) is 3. The molecular formula is C22H32N7O5P. The molecule has 0 bridgehead atoms. The molecule has 1 saturated carbocycles. The van der Waals surface area contributed by atoms with E-state index in [1.807, 2.05) is 6.07 Å². The number of anilines is 1. The lowest BCUT2D eigenvalue weighted by atomic mass is 9.87. The first kappa shape index (κ1) is 25.5. The molecule has 1 saturated heterocycles. The van der Waals surface area contributed by atoms with Gasteiger partial charge in [-0.3, -0.25) is 9.36 Å². The molecule has 12 nitrogen and oxygen atoms in total. The van der Waals surface area contributed by atoms with Gasteiger partial charge in [0, 0.05) is 6.04 Å². The van der Waals surface area contributed by atoms with Gasteiger partial charge in [-0.15, -0.1) is 0 Å². The number of fused-ring (bicyclic) bond motifs is 1. The average molecular weight is 506 g/mol. The molecule has 1 aliphatic carbocycles. The van der Waals surface area contributed by atoms with E-state index in [4.69, 9.17) is 25.5 Å². The molecule has 4 atom stereocenters. The van der Waals surface area contributed by atoms with E-state index in [2.05, 4.69) is 21.2 Å². The Labute approximate surface area is 204 Å². The number of aromatic nitrogens is 3. The van der Waals surface area contributed by atoms with Crippen LogP contribution in [0, 0.1) is 17.2 Å². The van der Waals surface area contributed by atoms with Gasteiger partial charge in [-0.2, -0.15) is 10.4 Å². The fourth-order valence-electron chi connectivity index (χ4n) is 4.54. The molecule has 1 aliphatic heterocycles. The standard InChI is InChI=1S/C22H32N7O5P/c1-14(21(30)32-10-15-2-4-16(24)5-3-15)28-35(31)33-12-22(11-23)9-8-19(34-22)17-6-7-18-20(25)26-13-27-29(17)18/h6-7,13-16,19,35H,2-5,8-10,12,24H2,1H3,(H,28,31)(H2,25,26,27)/t14-,15-,16-,19+,22+/m0/s1. The van der Waals surface area contributed by atoms with Crippen LogP contribution in [-0.2, 0) is 23.4 Å². The van der Waals surface area contributed by atoms with Gasteiger partial charge < -0.3 is 25.5 Å². The predicted molar refractivity (Wildman–Crippen MR) is 127 cm³/mol. The van der Waals surface area contributed by atoms with Gasteiger partial charge in [-0.25, -0.2) is 14.6 Å². The molecule has 0 spiro atoms. The Hall–Kier alpha value is -2.55. The molecule has 2 aliphatic rings. The van der Waals surface area contributed by atoms with Gasteiger partial charge in [0.2, 0.25) is 0 Å². The van der Waals surface area contributed by atoms with Gasteiger partial charge in [-0.1, -0.05) is 0 Å². The normalized spacial score (nSPS) is 28.4. The maximum atomic E-state index is 12.5. The van der Waals surface area contributed by atoms with Crippen molar-refractivity contribution in [3.8, 4) is 6.07 Å². The van der Waals surface area contributed by atoms with E-state index in [1.165, 1.54) is 6.33 Å². The first-order valence-corrected chi connectivity index (χ1v) is 13.1. The molecule has 0 aromatic carbocycles. The van der Waals surface area contributed by atoms with Gasteiger partial charge in [0.15, 0.2) is 11.4 Å². The topological polar surface area (TPSA) is 180 Å². The molecule has 2 fully saturated rings. The smallest absolute Gasteiger partial charge is 0.323 e. The average Bonchev–Trinajstić information content (AvgIpc) is 3.48. The van der Waals surface area contributed by atoms with Crippen LogP contribution in [0.4, 0.5) is 5.82 Å². The fraction of sp³-hybridized carbons (Fsp3) is 0.636. The van der Waals surface area contributed by atoms with Crippen LogP contribution in [0.3, 0.4) is 0 Å². The summed E-state index contributed by atoms with van der Waals surface area (Å²) in [5.74, 6) is 0.164. The van der Waals surface area contributed by atoms with Crippen LogP contribution in [0.15, 0.2) is 18.5 Å². The molecule has 2 aromatic heterocycles. The van der Waals surface area contributed by atoms with Crippen molar-refractivity contribution < 1.29 is 23.4 Å². The Morgan fingerprint density at radius 1 is 1.40 bits per heavy atom. The molecule has 35 heavy (non-hydrogen) atoms. The Balaban J connectivity index is 1.25. The second kappa shape index (κ2) is 11.0. The second-order valence-corrected chi connectivity index (χ2v) is 10.5. The molecule has 1 unspecified atom stereocenters. The SMILES string of the molecule is C[C@H](N[PH](=O)OC[C@]1(C#N)CC[C@H](c2ccc3c(N)ncnn23)O1)C(=O)OC[C@H]1CC[C@H](N)CC1. The monoisotopic (exact) mass is 505 g/mol. The summed E-state index contributed by atoms with van der Waals surface area (Å²) in [6.45, 7) is 1.70. The van der Waals surface area contributed by atoms with Crippen LogP contribution in [-0.4, -0.2) is 51.5 Å². The molecule has 4 rings (SSSR count). The molecule has 13 heteroatoms. The summed E-state index contributed by atoms with van der Waals surface area (Å²) in [5, 5.41) is 16.6. The third-order valence-electron chi connectivity index (χ3n) is 6.70. The molecule has 0 amide bonds. The summed E-state index contributed by atoms with van der Waals surface area (Å²) < 4.78 is 31.0. The second-order valence-electron chi connectivity index (χ2n) is 9.30. The van der Waals surface area contributed by atoms with Crippen molar-refractivity contribution in [2.75, 3.05) is 18.9 Å². The summed E-state index contributed by atoms with van der Waals surface area (Å²) >= 11 is 0. The highest BCUT2D eigenvalue weighted by Crippen LogP contribution is 2.41. The zero-order chi connectivity index (χ0) is 25.0. The lowest BCUT2D eigenvalue weighted by Crippen LogP contribution is -2.35. The third-order valence-corrected chi connectivity index (χ3v) is 7.78. The van der Waals surface area contributed by atoms with Crippen LogP contribution in [0.5, 0.6) is 0 Å². The van der Waals surface area contributed by atoms with Crippen LogP contribution >= 0.6 is 8.18 Å². The number of ether oxygens (including phenoxy) is 2. The van der Waals surface area contributed by atoms with Gasteiger partial charge in [0.1, 0.15) is 30.1 Å². The van der Waals surface area contributed by atoms with Crippen LogP contribution in [0.25, 0.3) is 5.52 Å². The van der Waals surface area contributed by atoms with E-state index in [0.717, 1.165) is 31.4 Å². The number of nitrogens with zero attached hydrogens (tertiary/aromatic N) is 4. The summed E-state index contributed by atoms with van der Waals surface area (Å²) in [6, 6.07) is 5.21. The lowest BCUT2D eigenvalue weighted by molar-refractivity contribution is -0.147. The number of esters is 1. The van der Waals surface area contributed by atoms with Crippen molar-refractivity contribution in [2.45, 2.75) is 69.2 Å². The van der Waals surface area contributed by atoms with Gasteiger partial charge in [-0.05, 0) is 63.5 Å². The number of carbonyl (C=O) groups excluding carboxylic acids is 1. The highest BCUT2D eigenvalue weighted by molar-refractivity contribution is 7.36. The minimum absolute atomic E-state index is 0.199. The van der Waals surface area contributed by atoms with Crippen molar-refractivity contribution in [1.29, 1.82) is 5.26 Å². The highest BCUT2D eigenvalue weighted by atomic mass is 31.1. The van der Waals surface area contributed by atoms with E-state index >= 15 is 0 Å². The van der Waals surface area contributed by atoms with Crippen molar-refractivity contribution in [2.24, 2.45) is 11.7 Å². The zero-order valence-corrected chi connectivity index (χ0v) is 20.7. The number of rotatable bonds is 9. The van der Waals surface area contributed by atoms with Crippen molar-refractivity contribution >= 4 is 25.5 Å². The van der Waals surface area contributed by atoms with E-state index in [9.17, 15) is 14.6 Å². The quantitative estimate of drug-likeness (QED) is 0.334. The summed E-state index contributed by atoms with van der Waals surface area (Å²) in [7, 11) is -2.82. The van der Waals surface area contributed by atoms with Crippen LogP contribution in [0.1, 0.15) is 57.2 Å². The van der Waals surface area contributed by atoms with E-state index in [-0.39, 0.29) is 12.6 Å². The number of nitrogens with one attached hydrogen (secondary N) is 1. The van der Waals surface area contributed by atoms with Gasteiger partial charge in [0.05, 0.1) is 18.9 Å². The van der Waals surface area contributed by atoms with Crippen molar-refractivity contribution in [1.82, 2.24) is 19.7 Å². The molecule has 3 heterocycles. The fourth-order valence-corrected chi connectivity index (χ4v) is 5.46. The van der Waals surface area contributed by atoms with Gasteiger partial charge in [0.25, 0.3) is 8.18 Å². The number of nitriles is 1. The molecule has 0 radical (unpaired) electrons. The Morgan fingerprint density at radius 2 is 2.17 bits per heavy atom. The van der Waals surface area contributed by atoms with Crippen LogP contribution in [0.2, 0.25) is 0 Å². The highest BCUT2D eigenvalue weighted by Gasteiger charge is 2.43. The number of nitrogens with two attached hydrogens (primary N) is 2. The summed E-state index contributed by atoms with van der Waals surface area (Å²) in [4.78, 5) is 16.3. The molecule has 5 N–H and O–H groups in total. The van der Waals surface area contributed by atoms with E-state index < -0.39 is 31.9 Å². The first-order chi connectivity index (χ1) is 16.8. The lowest BCUT2D eigenvalue weighted by Gasteiger charge is -2.26. The number of hydrogen-bond acceptors (Lipinski definition) is 10. The largest absolute Gasteiger partial charge is 0.464 e. The Kier molecular flexibility index (Phi) is 8.04. The Bertz CT molecular complexity index is 1110. The van der Waals surface area contributed by atoms with Crippen LogP contribution < -0.4 is 16.6 Å². The Morgan fingerprint density at radius 3 is 2.91 bits per heavy atom. The number of nitrogen functional groups attached to an aromatic ring is 1. The maximum Gasteiger partial charge on any atom is 0.323 e. The minimum atomic E-state index is -2.82. The van der Waals surface area contributed by atoms with E-state index in [1.54, 1.807) is 17.5 Å². The zero-order valence-electron chi connectivity index (χ0n) is 19.7. The van der Waals surface area contributed by atoms with E-state index in [0.29, 0.717) is 36.7 Å². The van der Waals surface area contributed by atoms with Gasteiger partial charge >= 0.3 is 5.97 Å². The summed E-state index contributed by atoms with van der Waals surface area (Å²) in [5.41, 5.74) is 11.9. The predicted octanol–water partition coefficient (Wildman–Crippen LogP) is 1.87.